The molecule has 0 aromatic heterocycles. The first-order valence-electron chi connectivity index (χ1n) is 4.18. The number of ether oxygens (including phenoxy) is 1. The van der Waals surface area contributed by atoms with Crippen LogP contribution in [-0.2, 0) is 6.42 Å². The van der Waals surface area contributed by atoms with Crippen LogP contribution in [0.5, 0.6) is 5.75 Å². The maximum atomic E-state index is 13.0. The molecular formula is C9H5F7O. The van der Waals surface area contributed by atoms with Crippen LogP contribution in [0.1, 0.15) is 5.56 Å². The molecule has 96 valence electrons. The van der Waals surface area contributed by atoms with Gasteiger partial charge in [0.05, 0.1) is 6.42 Å². The van der Waals surface area contributed by atoms with Crippen LogP contribution in [0.2, 0.25) is 0 Å². The van der Waals surface area contributed by atoms with Gasteiger partial charge in [-0.05, 0) is 11.6 Å². The van der Waals surface area contributed by atoms with Crippen molar-refractivity contribution >= 4 is 0 Å². The fourth-order valence-corrected chi connectivity index (χ4v) is 1.08. The van der Waals surface area contributed by atoms with Crippen molar-refractivity contribution in [2.45, 2.75) is 19.0 Å². The van der Waals surface area contributed by atoms with Crippen LogP contribution >= 0.6 is 0 Å². The zero-order valence-corrected chi connectivity index (χ0v) is 7.99. The third-order valence-electron chi connectivity index (χ3n) is 1.65. The maximum Gasteiger partial charge on any atom is 0.573 e. The van der Waals surface area contributed by atoms with Crippen LogP contribution in [0, 0.1) is 5.82 Å². The summed E-state index contributed by atoms with van der Waals surface area (Å²) in [4.78, 5) is 0. The van der Waals surface area contributed by atoms with Gasteiger partial charge in [-0.25, -0.2) is 4.39 Å². The molecule has 0 fully saturated rings. The van der Waals surface area contributed by atoms with E-state index in [0.29, 0.717) is 12.1 Å². The number of hydrogen-bond donors (Lipinski definition) is 0. The van der Waals surface area contributed by atoms with Gasteiger partial charge in [0, 0.05) is 6.07 Å². The number of halogens is 7. The molecule has 0 atom stereocenters. The fourth-order valence-electron chi connectivity index (χ4n) is 1.08. The van der Waals surface area contributed by atoms with Gasteiger partial charge in [-0.3, -0.25) is 0 Å². The Labute approximate surface area is 90.8 Å². The molecule has 0 saturated carbocycles. The van der Waals surface area contributed by atoms with Crippen molar-refractivity contribution in [1.29, 1.82) is 0 Å². The third kappa shape index (κ3) is 4.92. The molecule has 0 aliphatic rings. The second-order valence-electron chi connectivity index (χ2n) is 3.09. The second kappa shape index (κ2) is 4.42. The molecule has 0 spiro atoms. The molecule has 17 heavy (non-hydrogen) atoms. The molecule has 8 heteroatoms. The van der Waals surface area contributed by atoms with Crippen LogP contribution in [0.15, 0.2) is 18.2 Å². The molecule has 0 radical (unpaired) electrons. The average Bonchev–Trinajstić information content (AvgIpc) is 2.05. The lowest BCUT2D eigenvalue weighted by atomic mass is 10.1. The normalized spacial score (nSPS) is 12.6. The van der Waals surface area contributed by atoms with E-state index in [4.69, 9.17) is 0 Å². The SMILES string of the molecule is Fc1cc(OC(F)(F)F)ccc1CC(F)(F)F. The molecular weight excluding hydrogens is 257 g/mol. The van der Waals surface area contributed by atoms with Gasteiger partial charge in [0.2, 0.25) is 0 Å². The Morgan fingerprint density at radius 1 is 1.00 bits per heavy atom. The molecule has 1 aromatic rings. The highest BCUT2D eigenvalue weighted by Crippen LogP contribution is 2.27. The third-order valence-corrected chi connectivity index (χ3v) is 1.65. The molecule has 0 saturated heterocycles. The van der Waals surface area contributed by atoms with Crippen molar-refractivity contribution in [3.05, 3.63) is 29.6 Å². The number of hydrogen-bond acceptors (Lipinski definition) is 1. The van der Waals surface area contributed by atoms with Gasteiger partial charge in [-0.1, -0.05) is 6.07 Å². The van der Waals surface area contributed by atoms with Crippen LogP contribution in [0.4, 0.5) is 30.7 Å². The summed E-state index contributed by atoms with van der Waals surface area (Å²) >= 11 is 0. The summed E-state index contributed by atoms with van der Waals surface area (Å²) in [6.45, 7) is 0. The zero-order chi connectivity index (χ0) is 13.3. The summed E-state index contributed by atoms with van der Waals surface area (Å²) in [5.41, 5.74) is -0.743. The standard InChI is InChI=1S/C9H5F7O/c10-7-3-6(17-9(14,15)16)2-1-5(7)4-8(11,12)13/h1-3H,4H2. The highest BCUT2D eigenvalue weighted by molar-refractivity contribution is 5.29. The zero-order valence-electron chi connectivity index (χ0n) is 7.99. The van der Waals surface area contributed by atoms with E-state index in [2.05, 4.69) is 4.74 Å². The van der Waals surface area contributed by atoms with E-state index in [1.807, 2.05) is 0 Å². The van der Waals surface area contributed by atoms with E-state index in [0.717, 1.165) is 0 Å². The number of benzene rings is 1. The van der Waals surface area contributed by atoms with Crippen molar-refractivity contribution < 1.29 is 35.5 Å². The van der Waals surface area contributed by atoms with Gasteiger partial charge < -0.3 is 4.74 Å². The lowest BCUT2D eigenvalue weighted by Gasteiger charge is -2.11. The van der Waals surface area contributed by atoms with Gasteiger partial charge >= 0.3 is 12.5 Å². The van der Waals surface area contributed by atoms with Gasteiger partial charge in [0.15, 0.2) is 0 Å². The first-order valence-corrected chi connectivity index (χ1v) is 4.18. The average molecular weight is 262 g/mol. The number of alkyl halides is 6. The summed E-state index contributed by atoms with van der Waals surface area (Å²) in [6, 6.07) is 1.48. The summed E-state index contributed by atoms with van der Waals surface area (Å²) in [6.07, 6.45) is -11.2. The minimum atomic E-state index is -5.02. The molecule has 0 aliphatic carbocycles. The van der Waals surface area contributed by atoms with Crippen molar-refractivity contribution in [2.24, 2.45) is 0 Å². The highest BCUT2D eigenvalue weighted by atomic mass is 19.4. The van der Waals surface area contributed by atoms with Gasteiger partial charge in [-0.15, -0.1) is 13.2 Å². The molecule has 1 nitrogen and oxygen atoms in total. The molecule has 1 aromatic carbocycles. The lowest BCUT2D eigenvalue weighted by molar-refractivity contribution is -0.274. The maximum absolute atomic E-state index is 13.0. The van der Waals surface area contributed by atoms with E-state index < -0.39 is 36.1 Å². The summed E-state index contributed by atoms with van der Waals surface area (Å²) < 4.78 is 87.3. The lowest BCUT2D eigenvalue weighted by Crippen LogP contribution is -2.17. The van der Waals surface area contributed by atoms with E-state index in [1.165, 1.54) is 0 Å². The second-order valence-corrected chi connectivity index (χ2v) is 3.09. The van der Waals surface area contributed by atoms with E-state index in [-0.39, 0.29) is 6.07 Å². The van der Waals surface area contributed by atoms with E-state index >= 15 is 0 Å². The van der Waals surface area contributed by atoms with Crippen LogP contribution < -0.4 is 4.74 Å². The van der Waals surface area contributed by atoms with E-state index in [9.17, 15) is 30.7 Å². The Morgan fingerprint density at radius 3 is 2.00 bits per heavy atom. The number of rotatable bonds is 2. The van der Waals surface area contributed by atoms with Gasteiger partial charge in [0.1, 0.15) is 11.6 Å². The molecule has 0 bridgehead atoms. The van der Waals surface area contributed by atoms with Crippen molar-refractivity contribution in [2.75, 3.05) is 0 Å². The quantitative estimate of drug-likeness (QED) is 0.736. The Bertz CT molecular complexity index is 393. The van der Waals surface area contributed by atoms with Crippen molar-refractivity contribution in [3.8, 4) is 5.75 Å². The Kier molecular flexibility index (Phi) is 3.53. The first kappa shape index (κ1) is 13.6. The predicted molar refractivity (Wildman–Crippen MR) is 42.8 cm³/mol. The summed E-state index contributed by atoms with van der Waals surface area (Å²) in [5, 5.41) is 0. The van der Waals surface area contributed by atoms with Gasteiger partial charge in [0.25, 0.3) is 0 Å². The Hall–Kier alpha value is -1.47. The summed E-state index contributed by atoms with van der Waals surface area (Å²) in [5.74, 6) is -2.30. The largest absolute Gasteiger partial charge is 0.573 e. The minimum Gasteiger partial charge on any atom is -0.406 e. The minimum absolute atomic E-state index is 0.258. The smallest absolute Gasteiger partial charge is 0.406 e. The highest BCUT2D eigenvalue weighted by Gasteiger charge is 2.32. The van der Waals surface area contributed by atoms with E-state index in [1.54, 1.807) is 0 Å². The molecule has 1 rings (SSSR count). The van der Waals surface area contributed by atoms with Crippen LogP contribution in [0.3, 0.4) is 0 Å². The predicted octanol–water partition coefficient (Wildman–Crippen LogP) is 3.83. The Morgan fingerprint density at radius 2 is 1.59 bits per heavy atom. The molecule has 0 N–H and O–H groups in total. The summed E-state index contributed by atoms with van der Waals surface area (Å²) in [7, 11) is 0. The Balaban J connectivity index is 2.87. The monoisotopic (exact) mass is 262 g/mol. The molecule has 0 unspecified atom stereocenters. The van der Waals surface area contributed by atoms with Gasteiger partial charge in [-0.2, -0.15) is 13.2 Å². The van der Waals surface area contributed by atoms with Crippen molar-refractivity contribution in [1.82, 2.24) is 0 Å². The fraction of sp³-hybridized carbons (Fsp3) is 0.333. The molecule has 0 heterocycles. The van der Waals surface area contributed by atoms with Crippen molar-refractivity contribution in [3.63, 3.8) is 0 Å². The molecule has 0 amide bonds. The van der Waals surface area contributed by atoms with Crippen LogP contribution in [-0.4, -0.2) is 12.5 Å². The first-order chi connectivity index (χ1) is 7.57. The van der Waals surface area contributed by atoms with Crippen LogP contribution in [0.25, 0.3) is 0 Å². The topological polar surface area (TPSA) is 9.23 Å². The molecule has 0 aliphatic heterocycles.